The lowest BCUT2D eigenvalue weighted by molar-refractivity contribution is -0.384. The topological polar surface area (TPSA) is 108 Å². The Labute approximate surface area is 145 Å². The van der Waals surface area contributed by atoms with Gasteiger partial charge in [0.1, 0.15) is 11.4 Å². The lowest BCUT2D eigenvalue weighted by atomic mass is 9.87. The fourth-order valence-electron chi connectivity index (χ4n) is 2.91. The third-order valence-electron chi connectivity index (χ3n) is 4.22. The highest BCUT2D eigenvalue weighted by atomic mass is 16.6. The molecule has 136 valence electrons. The lowest BCUT2D eigenvalue weighted by Gasteiger charge is -2.20. The van der Waals surface area contributed by atoms with Gasteiger partial charge in [-0.3, -0.25) is 19.7 Å². The molecule has 2 rings (SSSR count). The Morgan fingerprint density at radius 1 is 1.28 bits per heavy atom. The summed E-state index contributed by atoms with van der Waals surface area (Å²) < 4.78 is 9.91. The van der Waals surface area contributed by atoms with Gasteiger partial charge in [0, 0.05) is 6.42 Å². The number of benzene rings is 1. The summed E-state index contributed by atoms with van der Waals surface area (Å²) in [6.45, 7) is -0.464. The number of hydrogen-bond acceptors (Lipinski definition) is 6. The second-order valence-electron chi connectivity index (χ2n) is 6.06. The number of esters is 1. The predicted molar refractivity (Wildman–Crippen MR) is 90.4 cm³/mol. The molecule has 0 saturated heterocycles. The van der Waals surface area contributed by atoms with Crippen LogP contribution in [0.5, 0.6) is 5.75 Å². The van der Waals surface area contributed by atoms with E-state index in [-0.39, 0.29) is 11.4 Å². The molecule has 1 aliphatic carbocycles. The molecule has 0 heterocycles. The molecule has 0 bridgehead atoms. The Morgan fingerprint density at radius 3 is 2.64 bits per heavy atom. The van der Waals surface area contributed by atoms with E-state index in [1.807, 2.05) is 0 Å². The number of nitro benzene ring substituents is 1. The highest BCUT2D eigenvalue weighted by Gasteiger charge is 2.20. The highest BCUT2D eigenvalue weighted by Crippen LogP contribution is 2.29. The van der Waals surface area contributed by atoms with Crippen LogP contribution in [-0.2, 0) is 14.3 Å². The average molecular weight is 350 g/mol. The van der Waals surface area contributed by atoms with Gasteiger partial charge in [0.25, 0.3) is 11.6 Å². The summed E-state index contributed by atoms with van der Waals surface area (Å²) in [6, 6.07) is 4.08. The van der Waals surface area contributed by atoms with Gasteiger partial charge in [0.2, 0.25) is 0 Å². The predicted octanol–water partition coefficient (Wildman–Crippen LogP) is 3.06. The van der Waals surface area contributed by atoms with Crippen molar-refractivity contribution in [2.24, 2.45) is 5.92 Å². The van der Waals surface area contributed by atoms with Gasteiger partial charge >= 0.3 is 5.97 Å². The summed E-state index contributed by atoms with van der Waals surface area (Å²) in [5.74, 6) is -0.396. The fourth-order valence-corrected chi connectivity index (χ4v) is 2.91. The minimum Gasteiger partial charge on any atom is -0.496 e. The first-order valence-corrected chi connectivity index (χ1v) is 8.27. The van der Waals surface area contributed by atoms with Crippen LogP contribution in [0.4, 0.5) is 11.4 Å². The van der Waals surface area contributed by atoms with Crippen LogP contribution in [0.1, 0.15) is 38.5 Å². The van der Waals surface area contributed by atoms with Gasteiger partial charge in [-0.25, -0.2) is 0 Å². The van der Waals surface area contributed by atoms with E-state index in [9.17, 15) is 19.7 Å². The highest BCUT2D eigenvalue weighted by molar-refractivity contribution is 5.95. The number of nitrogens with one attached hydrogen (secondary N) is 1. The molecule has 0 aromatic heterocycles. The maximum atomic E-state index is 11.9. The molecule has 0 spiro atoms. The van der Waals surface area contributed by atoms with Gasteiger partial charge in [-0.1, -0.05) is 19.3 Å². The summed E-state index contributed by atoms with van der Waals surface area (Å²) >= 11 is 0. The van der Waals surface area contributed by atoms with Crippen molar-refractivity contribution >= 4 is 23.3 Å². The van der Waals surface area contributed by atoms with Gasteiger partial charge in [-0.2, -0.15) is 0 Å². The standard InChI is InChI=1S/C17H22N2O6/c1-24-13-7-8-14(15(10-13)19(22)23)18-16(20)11-25-17(21)9-12-5-3-2-4-6-12/h7-8,10,12H,2-6,9,11H2,1H3,(H,18,20). The molecule has 0 unspecified atom stereocenters. The summed E-state index contributed by atoms with van der Waals surface area (Å²) in [4.78, 5) is 34.2. The average Bonchev–Trinajstić information content (AvgIpc) is 2.61. The fraction of sp³-hybridized carbons (Fsp3) is 0.529. The maximum Gasteiger partial charge on any atom is 0.306 e. The third kappa shape index (κ3) is 5.74. The van der Waals surface area contributed by atoms with Crippen molar-refractivity contribution < 1.29 is 24.0 Å². The van der Waals surface area contributed by atoms with Gasteiger partial charge in [-0.05, 0) is 30.9 Å². The monoisotopic (exact) mass is 350 g/mol. The van der Waals surface area contributed by atoms with Gasteiger partial charge in [-0.15, -0.1) is 0 Å². The summed E-state index contributed by atoms with van der Waals surface area (Å²) in [6.07, 6.45) is 5.79. The second kappa shape index (κ2) is 9.00. The van der Waals surface area contributed by atoms with E-state index in [0.717, 1.165) is 25.7 Å². The van der Waals surface area contributed by atoms with Crippen LogP contribution in [0.2, 0.25) is 0 Å². The number of nitrogens with zero attached hydrogens (tertiary/aromatic N) is 1. The molecule has 1 aromatic carbocycles. The molecule has 1 aliphatic rings. The van der Waals surface area contributed by atoms with Crippen LogP contribution in [0.25, 0.3) is 0 Å². The zero-order valence-corrected chi connectivity index (χ0v) is 14.2. The van der Waals surface area contributed by atoms with E-state index >= 15 is 0 Å². The summed E-state index contributed by atoms with van der Waals surface area (Å²) in [5, 5.41) is 13.5. The first kappa shape index (κ1) is 18.7. The van der Waals surface area contributed by atoms with Gasteiger partial charge < -0.3 is 14.8 Å². The van der Waals surface area contributed by atoms with Crippen LogP contribution in [0, 0.1) is 16.0 Å². The van der Waals surface area contributed by atoms with Gasteiger partial charge in [0.05, 0.1) is 18.1 Å². The molecule has 25 heavy (non-hydrogen) atoms. The Kier molecular flexibility index (Phi) is 6.73. The molecule has 0 atom stereocenters. The maximum absolute atomic E-state index is 11.9. The van der Waals surface area contributed by atoms with Crippen molar-refractivity contribution in [3.05, 3.63) is 28.3 Å². The van der Waals surface area contributed by atoms with E-state index in [1.165, 1.54) is 31.7 Å². The minimum atomic E-state index is -0.620. The molecule has 8 nitrogen and oxygen atoms in total. The number of rotatable bonds is 7. The van der Waals surface area contributed by atoms with E-state index in [1.54, 1.807) is 0 Å². The molecule has 1 N–H and O–H groups in total. The molecule has 1 saturated carbocycles. The number of anilines is 1. The van der Waals surface area contributed by atoms with Crippen LogP contribution >= 0.6 is 0 Å². The minimum absolute atomic E-state index is 0.0270. The van der Waals surface area contributed by atoms with Crippen LogP contribution in [0.3, 0.4) is 0 Å². The van der Waals surface area contributed by atoms with Crippen molar-refractivity contribution in [2.75, 3.05) is 19.0 Å². The number of carbonyl (C=O) groups is 2. The Balaban J connectivity index is 1.85. The number of amides is 1. The smallest absolute Gasteiger partial charge is 0.306 e. The molecule has 1 fully saturated rings. The first-order valence-electron chi connectivity index (χ1n) is 8.27. The zero-order chi connectivity index (χ0) is 18.2. The van der Waals surface area contributed by atoms with Crippen molar-refractivity contribution in [2.45, 2.75) is 38.5 Å². The van der Waals surface area contributed by atoms with Crippen molar-refractivity contribution in [3.8, 4) is 5.75 Å². The van der Waals surface area contributed by atoms with Crippen LogP contribution < -0.4 is 10.1 Å². The molecular formula is C17H22N2O6. The van der Waals surface area contributed by atoms with E-state index in [2.05, 4.69) is 5.32 Å². The zero-order valence-electron chi connectivity index (χ0n) is 14.2. The van der Waals surface area contributed by atoms with Crippen molar-refractivity contribution in [3.63, 3.8) is 0 Å². The second-order valence-corrected chi connectivity index (χ2v) is 6.06. The third-order valence-corrected chi connectivity index (χ3v) is 4.22. The summed E-state index contributed by atoms with van der Waals surface area (Å²) in [7, 11) is 1.39. The largest absolute Gasteiger partial charge is 0.496 e. The number of carbonyl (C=O) groups excluding carboxylic acids is 2. The Hall–Kier alpha value is -2.64. The van der Waals surface area contributed by atoms with E-state index in [4.69, 9.17) is 9.47 Å². The molecular weight excluding hydrogens is 328 g/mol. The van der Waals surface area contributed by atoms with Crippen LogP contribution in [-0.4, -0.2) is 30.5 Å². The van der Waals surface area contributed by atoms with E-state index < -0.39 is 23.4 Å². The number of nitro groups is 1. The Bertz CT molecular complexity index is 640. The normalized spacial score (nSPS) is 14.6. The lowest BCUT2D eigenvalue weighted by Crippen LogP contribution is -2.22. The molecule has 8 heteroatoms. The molecule has 1 amide bonds. The molecule has 0 radical (unpaired) electrons. The Morgan fingerprint density at radius 2 is 2.00 bits per heavy atom. The molecule has 1 aromatic rings. The van der Waals surface area contributed by atoms with Gasteiger partial charge in [0.15, 0.2) is 6.61 Å². The van der Waals surface area contributed by atoms with Crippen molar-refractivity contribution in [1.82, 2.24) is 0 Å². The summed E-state index contributed by atoms with van der Waals surface area (Å²) in [5.41, 5.74) is -0.264. The first-order chi connectivity index (χ1) is 12.0. The number of methoxy groups -OCH3 is 1. The van der Waals surface area contributed by atoms with E-state index in [0.29, 0.717) is 18.1 Å². The SMILES string of the molecule is COc1ccc(NC(=O)COC(=O)CC2CCCCC2)c([N+](=O)[O-])c1. The quantitative estimate of drug-likeness (QED) is 0.460. The van der Waals surface area contributed by atoms with Crippen LogP contribution in [0.15, 0.2) is 18.2 Å². The number of ether oxygens (including phenoxy) is 2. The van der Waals surface area contributed by atoms with Crippen molar-refractivity contribution in [1.29, 1.82) is 0 Å². The number of hydrogen-bond donors (Lipinski definition) is 1. The molecule has 0 aliphatic heterocycles.